The number of carbonyl (C=O) groups is 1. The number of imidazole rings is 1. The fourth-order valence-corrected chi connectivity index (χ4v) is 0.922. The lowest BCUT2D eigenvalue weighted by atomic mass is 10.3. The number of aromatic carboxylic acids is 1. The van der Waals surface area contributed by atoms with Crippen molar-refractivity contribution in [2.24, 2.45) is 7.05 Å². The van der Waals surface area contributed by atoms with Crippen LogP contribution in [0.5, 0.6) is 0 Å². The van der Waals surface area contributed by atoms with E-state index < -0.39 is 5.97 Å². The molecule has 0 bridgehead atoms. The molecule has 0 aliphatic rings. The molecule has 0 aliphatic heterocycles. The number of hydrogen-bond acceptors (Lipinski definition) is 2. The lowest BCUT2D eigenvalue weighted by Gasteiger charge is -1.95. The van der Waals surface area contributed by atoms with Crippen LogP contribution in [0, 0.1) is 13.8 Å². The van der Waals surface area contributed by atoms with E-state index in [4.69, 9.17) is 5.11 Å². The molecule has 1 rings (SSSR count). The Kier molecular flexibility index (Phi) is 3.27. The zero-order valence-corrected chi connectivity index (χ0v) is 7.97. The van der Waals surface area contributed by atoms with E-state index in [9.17, 15) is 4.79 Å². The minimum Gasteiger partial charge on any atom is -0.476 e. The molecule has 0 saturated carbocycles. The van der Waals surface area contributed by atoms with Gasteiger partial charge in [0.1, 0.15) is 5.82 Å². The fourth-order valence-electron chi connectivity index (χ4n) is 0.922. The van der Waals surface area contributed by atoms with Crippen molar-refractivity contribution in [1.29, 1.82) is 0 Å². The summed E-state index contributed by atoms with van der Waals surface area (Å²) in [5.41, 5.74) is 0.833. The van der Waals surface area contributed by atoms with Gasteiger partial charge in [0.25, 0.3) is 0 Å². The van der Waals surface area contributed by atoms with E-state index in [-0.39, 0.29) is 18.1 Å². The summed E-state index contributed by atoms with van der Waals surface area (Å²) in [6, 6.07) is 0. The van der Waals surface area contributed by atoms with Gasteiger partial charge < -0.3 is 9.67 Å². The number of aromatic nitrogens is 2. The average Bonchev–Trinajstić information content (AvgIpc) is 2.17. The van der Waals surface area contributed by atoms with Crippen LogP contribution in [0.25, 0.3) is 0 Å². The lowest BCUT2D eigenvalue weighted by molar-refractivity contribution is 0.0690. The van der Waals surface area contributed by atoms with E-state index in [2.05, 4.69) is 4.98 Å². The first-order valence-electron chi connectivity index (χ1n) is 3.27. The van der Waals surface area contributed by atoms with Crippen LogP contribution in [0.15, 0.2) is 0 Å². The molecular weight excluding hydrogens is 180 g/mol. The zero-order chi connectivity index (χ0) is 8.59. The molecule has 1 N–H and O–H groups in total. The molecule has 0 aliphatic carbocycles. The number of carboxylic acids is 1. The van der Waals surface area contributed by atoms with E-state index in [1.807, 2.05) is 0 Å². The van der Waals surface area contributed by atoms with E-state index in [1.54, 1.807) is 25.5 Å². The predicted molar refractivity (Wildman–Crippen MR) is 46.9 cm³/mol. The van der Waals surface area contributed by atoms with Gasteiger partial charge in [-0.15, -0.1) is 12.4 Å². The number of rotatable bonds is 1. The van der Waals surface area contributed by atoms with Gasteiger partial charge >= 0.3 is 5.97 Å². The average molecular weight is 191 g/mol. The van der Waals surface area contributed by atoms with E-state index in [0.29, 0.717) is 5.69 Å². The Labute approximate surface area is 76.6 Å². The molecule has 0 unspecified atom stereocenters. The summed E-state index contributed by atoms with van der Waals surface area (Å²) >= 11 is 0. The highest BCUT2D eigenvalue weighted by molar-refractivity contribution is 5.86. The smallest absolute Gasteiger partial charge is 0.356 e. The molecule has 1 heterocycles. The van der Waals surface area contributed by atoms with Gasteiger partial charge in [-0.3, -0.25) is 0 Å². The molecule has 0 fully saturated rings. The molecule has 0 radical (unpaired) electrons. The van der Waals surface area contributed by atoms with E-state index >= 15 is 0 Å². The lowest BCUT2D eigenvalue weighted by Crippen LogP contribution is -2.00. The standard InChI is InChI=1S/C7H10N2O2.ClH/c1-4-6(7(10)11)8-5(2)9(4)3;/h1-3H3,(H,10,11);1H. The Morgan fingerprint density at radius 2 is 2.00 bits per heavy atom. The van der Waals surface area contributed by atoms with Crippen molar-refractivity contribution in [3.63, 3.8) is 0 Å². The number of carboxylic acid groups (broad SMARTS) is 1. The van der Waals surface area contributed by atoms with Crippen molar-refractivity contribution < 1.29 is 9.90 Å². The molecule has 0 aromatic carbocycles. The Balaban J connectivity index is 0.00000121. The molecule has 0 saturated heterocycles. The second-order valence-corrected chi connectivity index (χ2v) is 2.46. The van der Waals surface area contributed by atoms with Gasteiger partial charge in [0.2, 0.25) is 0 Å². The Bertz CT molecular complexity index is 307. The largest absolute Gasteiger partial charge is 0.476 e. The number of nitrogens with zero attached hydrogens (tertiary/aromatic N) is 2. The third-order valence-corrected chi connectivity index (χ3v) is 1.81. The highest BCUT2D eigenvalue weighted by atomic mass is 35.5. The van der Waals surface area contributed by atoms with E-state index in [0.717, 1.165) is 5.82 Å². The first-order chi connectivity index (χ1) is 5.04. The normalized spacial score (nSPS) is 9.25. The summed E-state index contributed by atoms with van der Waals surface area (Å²) in [7, 11) is 1.80. The molecule has 5 heteroatoms. The highest BCUT2D eigenvalue weighted by Gasteiger charge is 2.13. The van der Waals surface area contributed by atoms with Crippen LogP contribution in [0.1, 0.15) is 22.0 Å². The third-order valence-electron chi connectivity index (χ3n) is 1.81. The Morgan fingerprint density at radius 1 is 1.50 bits per heavy atom. The molecule has 0 amide bonds. The maximum absolute atomic E-state index is 10.5. The summed E-state index contributed by atoms with van der Waals surface area (Å²) in [6.07, 6.45) is 0. The van der Waals surface area contributed by atoms with Gasteiger partial charge in [0.05, 0.1) is 0 Å². The minimum atomic E-state index is -0.966. The van der Waals surface area contributed by atoms with Crippen molar-refractivity contribution in [2.45, 2.75) is 13.8 Å². The number of hydrogen-bond donors (Lipinski definition) is 1. The summed E-state index contributed by atoms with van der Waals surface area (Å²) in [5.74, 6) is -0.244. The van der Waals surface area contributed by atoms with Gasteiger partial charge in [0.15, 0.2) is 5.69 Å². The SMILES string of the molecule is Cc1nc(C(=O)O)c(C)n1C.Cl. The molecule has 12 heavy (non-hydrogen) atoms. The number of aryl methyl sites for hydroxylation is 1. The van der Waals surface area contributed by atoms with Gasteiger partial charge in [-0.05, 0) is 13.8 Å². The predicted octanol–water partition coefficient (Wildman–Crippen LogP) is 1.16. The van der Waals surface area contributed by atoms with Crippen molar-refractivity contribution >= 4 is 18.4 Å². The maximum Gasteiger partial charge on any atom is 0.356 e. The van der Waals surface area contributed by atoms with Crippen molar-refractivity contribution in [3.8, 4) is 0 Å². The summed E-state index contributed by atoms with van der Waals surface area (Å²) in [4.78, 5) is 14.4. The van der Waals surface area contributed by atoms with Crippen LogP contribution >= 0.6 is 12.4 Å². The highest BCUT2D eigenvalue weighted by Crippen LogP contribution is 2.07. The zero-order valence-electron chi connectivity index (χ0n) is 7.16. The third kappa shape index (κ3) is 1.58. The molecule has 1 aromatic heterocycles. The first kappa shape index (κ1) is 11.0. The quantitative estimate of drug-likeness (QED) is 0.723. The van der Waals surface area contributed by atoms with Gasteiger partial charge in [-0.25, -0.2) is 9.78 Å². The summed E-state index contributed by atoms with van der Waals surface area (Å²) in [5, 5.41) is 8.63. The van der Waals surface area contributed by atoms with Crippen LogP contribution in [0.4, 0.5) is 0 Å². The van der Waals surface area contributed by atoms with Crippen LogP contribution in [-0.2, 0) is 7.05 Å². The fraction of sp³-hybridized carbons (Fsp3) is 0.429. The van der Waals surface area contributed by atoms with Gasteiger partial charge in [-0.2, -0.15) is 0 Å². The molecule has 0 atom stereocenters. The van der Waals surface area contributed by atoms with Crippen LogP contribution in [0.3, 0.4) is 0 Å². The number of halogens is 1. The maximum atomic E-state index is 10.5. The van der Waals surface area contributed by atoms with Crippen molar-refractivity contribution in [1.82, 2.24) is 9.55 Å². The van der Waals surface area contributed by atoms with Crippen molar-refractivity contribution in [2.75, 3.05) is 0 Å². The summed E-state index contributed by atoms with van der Waals surface area (Å²) in [6.45, 7) is 3.52. The monoisotopic (exact) mass is 190 g/mol. The van der Waals surface area contributed by atoms with Gasteiger partial charge in [0, 0.05) is 12.7 Å². The minimum absolute atomic E-state index is 0. The molecule has 0 spiro atoms. The van der Waals surface area contributed by atoms with E-state index in [1.165, 1.54) is 0 Å². The van der Waals surface area contributed by atoms with Gasteiger partial charge in [-0.1, -0.05) is 0 Å². The second kappa shape index (κ2) is 3.58. The van der Waals surface area contributed by atoms with Crippen LogP contribution in [0.2, 0.25) is 0 Å². The Morgan fingerprint density at radius 3 is 2.17 bits per heavy atom. The van der Waals surface area contributed by atoms with Crippen LogP contribution < -0.4 is 0 Å². The molecule has 1 aromatic rings. The first-order valence-corrected chi connectivity index (χ1v) is 3.27. The summed E-state index contributed by atoms with van der Waals surface area (Å²) < 4.78 is 1.75. The van der Waals surface area contributed by atoms with Crippen molar-refractivity contribution in [3.05, 3.63) is 17.2 Å². The topological polar surface area (TPSA) is 55.1 Å². The molecule has 4 nitrogen and oxygen atoms in total. The Hall–Kier alpha value is -1.03. The van der Waals surface area contributed by atoms with Crippen LogP contribution in [-0.4, -0.2) is 20.6 Å². The second-order valence-electron chi connectivity index (χ2n) is 2.46. The molecular formula is C7H11ClN2O2. The molecule has 68 valence electrons.